The molecule has 152 valence electrons. The third-order valence-corrected chi connectivity index (χ3v) is 2.00. The van der Waals surface area contributed by atoms with Crippen LogP contribution in [0.25, 0.3) is 0 Å². The Labute approximate surface area is 160 Å². The van der Waals surface area contributed by atoms with E-state index < -0.39 is 5.97 Å². The first-order valence-corrected chi connectivity index (χ1v) is 8.76. The summed E-state index contributed by atoms with van der Waals surface area (Å²) in [6.45, 7) is 15.7. The van der Waals surface area contributed by atoms with E-state index in [0.717, 1.165) is 45.8 Å². The monoisotopic (exact) mass is 373 g/mol. The largest absolute Gasteiger partial charge is 0.550 e. The van der Waals surface area contributed by atoms with Gasteiger partial charge in [-0.05, 0) is 13.8 Å². The Hall–Kier alpha value is -2.02. The van der Waals surface area contributed by atoms with Crippen molar-refractivity contribution in [3.05, 3.63) is 13.8 Å². The molecule has 8 nitrogen and oxygen atoms in total. The van der Waals surface area contributed by atoms with Crippen LogP contribution in [0.5, 0.6) is 0 Å². The van der Waals surface area contributed by atoms with Crippen molar-refractivity contribution in [2.24, 2.45) is 15.7 Å². The lowest BCUT2D eigenvalue weighted by Gasteiger charge is -2.03. The highest BCUT2D eigenvalue weighted by Gasteiger charge is 1.89. The molecule has 0 aromatic rings. The van der Waals surface area contributed by atoms with Gasteiger partial charge >= 0.3 is 0 Å². The van der Waals surface area contributed by atoms with Crippen molar-refractivity contribution in [3.63, 3.8) is 0 Å². The van der Waals surface area contributed by atoms with Crippen molar-refractivity contribution in [1.29, 1.82) is 0 Å². The molecule has 0 spiro atoms. The Bertz CT molecular complexity index is 349. The Balaban J connectivity index is -0.000000138. The Kier molecular flexibility index (Phi) is 37.6. The number of hydrogen-bond acceptors (Lipinski definition) is 6. The van der Waals surface area contributed by atoms with E-state index in [0.29, 0.717) is 13.1 Å². The molecular formula is C18H39N5O3+2. The molecule has 8 heteroatoms. The highest BCUT2D eigenvalue weighted by molar-refractivity contribution is 5.72. The first-order valence-electron chi connectivity index (χ1n) is 8.76. The van der Waals surface area contributed by atoms with E-state index in [1.165, 1.54) is 11.8 Å². The number of aliphatic carboxylic acids is 1. The molecular weight excluding hydrogens is 334 g/mol. The number of rotatable bonds is 8. The minimum atomic E-state index is -1.08. The number of nitrogens with two attached hydrogens (primary N) is 1. The minimum absolute atomic E-state index is 0.0173. The summed E-state index contributed by atoms with van der Waals surface area (Å²) in [5, 5.41) is 11.5. The van der Waals surface area contributed by atoms with Crippen molar-refractivity contribution in [1.82, 2.24) is 5.32 Å². The smallest absolute Gasteiger partial charge is 0.217 e. The summed E-state index contributed by atoms with van der Waals surface area (Å²) < 4.78 is 0. The molecule has 0 aromatic heterocycles. The zero-order valence-corrected chi connectivity index (χ0v) is 17.3. The first-order chi connectivity index (χ1) is 12.2. The normalized spacial score (nSPS) is 8.27. The quantitative estimate of drug-likeness (QED) is 0.286. The van der Waals surface area contributed by atoms with Crippen LogP contribution in [0.15, 0.2) is 9.98 Å². The van der Waals surface area contributed by atoms with Crippen LogP contribution in [0.2, 0.25) is 0 Å². The molecule has 0 aliphatic carbocycles. The molecule has 0 saturated carbocycles. The lowest BCUT2D eigenvalue weighted by molar-refractivity contribution is -0.858. The number of carbonyl (C=O) groups is 2. The average Bonchev–Trinajstić information content (AvgIpc) is 2.56. The van der Waals surface area contributed by atoms with Gasteiger partial charge in [0.2, 0.25) is 5.91 Å². The van der Waals surface area contributed by atoms with E-state index in [2.05, 4.69) is 49.3 Å². The van der Waals surface area contributed by atoms with Crippen LogP contribution in [-0.4, -0.2) is 64.7 Å². The van der Waals surface area contributed by atoms with E-state index in [1.54, 1.807) is 0 Å². The number of nitrogens with zero attached hydrogens (tertiary/aromatic N) is 2. The van der Waals surface area contributed by atoms with Gasteiger partial charge in [-0.3, -0.25) is 4.79 Å². The highest BCUT2D eigenvalue weighted by Crippen LogP contribution is 1.73. The molecule has 4 N–H and O–H groups in total. The fraction of sp³-hybridized carbons (Fsp3) is 0.722. The average molecular weight is 374 g/mol. The maximum Gasteiger partial charge on any atom is 0.217 e. The maximum atomic E-state index is 10.1. The molecule has 26 heavy (non-hydrogen) atoms. The SMILES string of the molecule is CC(=O)[O-].CCN=C=NCCC[NH+](C)C.[CH2+]CCN.[CH2+]CCNC(C)=O. The third-order valence-electron chi connectivity index (χ3n) is 2.00. The number of aliphatic imine (C=N–C) groups is 2. The second kappa shape index (κ2) is 30.8. The van der Waals surface area contributed by atoms with Gasteiger partial charge in [0.05, 0.1) is 60.0 Å². The van der Waals surface area contributed by atoms with Gasteiger partial charge in [-0.2, -0.15) is 0 Å². The van der Waals surface area contributed by atoms with Crippen LogP contribution in [-0.2, 0) is 9.59 Å². The highest BCUT2D eigenvalue weighted by atomic mass is 16.4. The number of carboxylic acid groups (broad SMARTS) is 1. The molecule has 0 aliphatic heterocycles. The van der Waals surface area contributed by atoms with Crippen molar-refractivity contribution in [3.8, 4) is 0 Å². The fourth-order valence-electron chi connectivity index (χ4n) is 0.947. The van der Waals surface area contributed by atoms with E-state index in [1.807, 2.05) is 6.92 Å². The van der Waals surface area contributed by atoms with Crippen LogP contribution in [0.4, 0.5) is 0 Å². The molecule has 0 heterocycles. The zero-order valence-electron chi connectivity index (χ0n) is 17.3. The molecule has 0 atom stereocenters. The second-order valence-corrected chi connectivity index (χ2v) is 5.24. The lowest BCUT2D eigenvalue weighted by atomic mass is 10.4. The third kappa shape index (κ3) is 80.2. The molecule has 0 unspecified atom stereocenters. The maximum absolute atomic E-state index is 10.1. The fourth-order valence-corrected chi connectivity index (χ4v) is 0.947. The van der Waals surface area contributed by atoms with Gasteiger partial charge in [0.1, 0.15) is 6.42 Å². The molecule has 0 aromatic carbocycles. The van der Waals surface area contributed by atoms with E-state index in [-0.39, 0.29) is 5.91 Å². The predicted octanol–water partition coefficient (Wildman–Crippen LogP) is -1.01. The van der Waals surface area contributed by atoms with Crippen molar-refractivity contribution in [2.75, 3.05) is 46.8 Å². The number of carboxylic acids is 1. The van der Waals surface area contributed by atoms with Gasteiger partial charge < -0.3 is 25.9 Å². The molecule has 0 fully saturated rings. The van der Waals surface area contributed by atoms with Crippen LogP contribution in [0.3, 0.4) is 0 Å². The van der Waals surface area contributed by atoms with Gasteiger partial charge in [-0.25, -0.2) is 9.98 Å². The van der Waals surface area contributed by atoms with Crippen LogP contribution >= 0.6 is 0 Å². The number of hydrogen-bond donors (Lipinski definition) is 3. The van der Waals surface area contributed by atoms with Gasteiger partial charge in [0.25, 0.3) is 0 Å². The Morgan fingerprint density at radius 1 is 1.19 bits per heavy atom. The molecule has 0 saturated heterocycles. The van der Waals surface area contributed by atoms with Gasteiger partial charge in [-0.1, -0.05) is 0 Å². The lowest BCUT2D eigenvalue weighted by Crippen LogP contribution is -3.05. The standard InChI is InChI=1S/C8H17N3.C5H9NO.C3H8N.C2H4O2/c1-4-9-8-10-6-5-7-11(2)3;1-3-4-6-5(2)7;1-2-3-4;1-2(3)4/h4-7H2,1-3H3;1,3-4H2,2H3;1-4H2;1H3,(H,3,4)/q;;+1;/p+1. The van der Waals surface area contributed by atoms with Gasteiger partial charge in [0.15, 0.2) is 0 Å². The molecule has 1 amide bonds. The van der Waals surface area contributed by atoms with E-state index in [4.69, 9.17) is 15.6 Å². The summed E-state index contributed by atoms with van der Waals surface area (Å²) in [6.07, 6.45) is 2.73. The van der Waals surface area contributed by atoms with Crippen LogP contribution in [0.1, 0.15) is 40.0 Å². The number of nitrogens with one attached hydrogen (secondary N) is 2. The summed E-state index contributed by atoms with van der Waals surface area (Å²) in [7, 11) is 4.29. The number of carbonyl (C=O) groups excluding carboxylic acids is 2. The zero-order chi connectivity index (χ0) is 21.2. The predicted molar refractivity (Wildman–Crippen MR) is 106 cm³/mol. The Morgan fingerprint density at radius 3 is 1.96 bits per heavy atom. The van der Waals surface area contributed by atoms with Crippen LogP contribution in [0, 0.1) is 13.8 Å². The topological polar surface area (TPSA) is 124 Å². The van der Waals surface area contributed by atoms with Crippen LogP contribution < -0.4 is 21.1 Å². The molecule has 0 rings (SSSR count). The summed E-state index contributed by atoms with van der Waals surface area (Å²) in [5.74, 6) is -1.07. The summed E-state index contributed by atoms with van der Waals surface area (Å²) in [4.78, 5) is 28.3. The second-order valence-electron chi connectivity index (χ2n) is 5.24. The van der Waals surface area contributed by atoms with E-state index >= 15 is 0 Å². The van der Waals surface area contributed by atoms with Crippen molar-refractivity contribution in [2.45, 2.75) is 40.0 Å². The molecule has 0 radical (unpaired) electrons. The van der Waals surface area contributed by atoms with Gasteiger partial charge in [-0.15, -0.1) is 0 Å². The molecule has 0 bridgehead atoms. The van der Waals surface area contributed by atoms with Crippen molar-refractivity contribution < 1.29 is 19.6 Å². The van der Waals surface area contributed by atoms with Crippen molar-refractivity contribution >= 4 is 17.9 Å². The molecule has 0 aliphatic rings. The van der Waals surface area contributed by atoms with E-state index in [9.17, 15) is 4.79 Å². The number of amides is 1. The summed E-state index contributed by atoms with van der Waals surface area (Å²) in [6, 6.07) is 2.65. The first kappa shape index (κ1) is 31.7. The minimum Gasteiger partial charge on any atom is -0.550 e. The van der Waals surface area contributed by atoms with Gasteiger partial charge in [0, 0.05) is 32.4 Å². The summed E-state index contributed by atoms with van der Waals surface area (Å²) >= 11 is 0. The Morgan fingerprint density at radius 2 is 1.69 bits per heavy atom. The number of quaternary nitrogens is 1. The summed E-state index contributed by atoms with van der Waals surface area (Å²) in [5.41, 5.74) is 4.97.